The van der Waals surface area contributed by atoms with Gasteiger partial charge in [0.2, 0.25) is 5.91 Å². The number of aryl methyl sites for hydroxylation is 1. The Balaban J connectivity index is 1.83. The van der Waals surface area contributed by atoms with Gasteiger partial charge in [0.05, 0.1) is 30.5 Å². The molecule has 2 aromatic carbocycles. The summed E-state index contributed by atoms with van der Waals surface area (Å²) >= 11 is 0. The summed E-state index contributed by atoms with van der Waals surface area (Å²) in [6, 6.07) is 10.7. The molecule has 39 heavy (non-hydrogen) atoms. The van der Waals surface area contributed by atoms with Crippen LogP contribution in [0.3, 0.4) is 0 Å². The van der Waals surface area contributed by atoms with Crippen LogP contribution >= 0.6 is 7.60 Å². The molecular weight excluding hydrogens is 530 g/mol. The van der Waals surface area contributed by atoms with Crippen molar-refractivity contribution in [2.24, 2.45) is 0 Å². The Bertz CT molecular complexity index is 1200. The lowest BCUT2D eigenvalue weighted by Crippen LogP contribution is -2.37. The molecule has 214 valence electrons. The van der Waals surface area contributed by atoms with E-state index in [1.165, 1.54) is 0 Å². The number of nitrogens with one attached hydrogen (secondary N) is 1. The van der Waals surface area contributed by atoms with Crippen molar-refractivity contribution in [1.29, 1.82) is 0 Å². The molecule has 1 aliphatic heterocycles. The van der Waals surface area contributed by atoms with E-state index >= 15 is 0 Å². The Kier molecular flexibility index (Phi) is 9.92. The fourth-order valence-electron chi connectivity index (χ4n) is 5.23. The maximum absolute atomic E-state index is 14.5. The number of benzene rings is 2. The van der Waals surface area contributed by atoms with Gasteiger partial charge in [0.25, 0.3) is 0 Å². The highest BCUT2D eigenvalue weighted by molar-refractivity contribution is 7.62. The third kappa shape index (κ3) is 6.94. The van der Waals surface area contributed by atoms with Crippen LogP contribution in [0.4, 0.5) is 13.2 Å². The van der Waals surface area contributed by atoms with Gasteiger partial charge in [-0.15, -0.1) is 0 Å². The number of hydrogen-bond acceptors (Lipinski definition) is 5. The van der Waals surface area contributed by atoms with Crippen molar-refractivity contribution in [1.82, 2.24) is 5.32 Å². The van der Waals surface area contributed by atoms with E-state index in [1.807, 2.05) is 26.0 Å². The molecule has 1 N–H and O–H groups in total. The van der Waals surface area contributed by atoms with Crippen molar-refractivity contribution in [2.75, 3.05) is 26.4 Å². The molecule has 0 aromatic heterocycles. The monoisotopic (exact) mass is 567 g/mol. The number of hydrogen-bond donors (Lipinski definition) is 1. The van der Waals surface area contributed by atoms with Crippen LogP contribution in [0, 0.1) is 0 Å². The van der Waals surface area contributed by atoms with E-state index in [2.05, 4.69) is 5.32 Å². The quantitative estimate of drug-likeness (QED) is 0.217. The number of rotatable bonds is 13. The van der Waals surface area contributed by atoms with Gasteiger partial charge in [-0.2, -0.15) is 13.2 Å². The maximum Gasteiger partial charge on any atom is 0.405 e. The summed E-state index contributed by atoms with van der Waals surface area (Å²) in [4.78, 5) is 13.4. The zero-order valence-electron chi connectivity index (χ0n) is 22.5. The van der Waals surface area contributed by atoms with Crippen LogP contribution in [0.2, 0.25) is 0 Å². The van der Waals surface area contributed by atoms with E-state index in [-0.39, 0.29) is 19.3 Å². The molecule has 2 aliphatic rings. The zero-order chi connectivity index (χ0) is 28.0. The Morgan fingerprint density at radius 2 is 1.87 bits per heavy atom. The van der Waals surface area contributed by atoms with Crippen LogP contribution < -0.4 is 10.6 Å². The Morgan fingerprint density at radius 3 is 2.56 bits per heavy atom. The van der Waals surface area contributed by atoms with Gasteiger partial charge < -0.3 is 19.1 Å². The number of carbonyl (C=O) groups excluding carboxylic acids is 1. The second kappa shape index (κ2) is 13.0. The molecule has 1 saturated heterocycles. The highest BCUT2D eigenvalue weighted by atomic mass is 31.2. The van der Waals surface area contributed by atoms with Gasteiger partial charge in [-0.3, -0.25) is 9.36 Å². The van der Waals surface area contributed by atoms with Crippen LogP contribution in [0.1, 0.15) is 75.0 Å². The number of alkyl halides is 3. The smallest absolute Gasteiger partial charge is 0.376 e. The lowest BCUT2D eigenvalue weighted by molar-refractivity contribution is -0.138. The van der Waals surface area contributed by atoms with E-state index in [0.29, 0.717) is 47.0 Å². The third-order valence-corrected chi connectivity index (χ3v) is 9.15. The van der Waals surface area contributed by atoms with Crippen LogP contribution in [0.15, 0.2) is 36.4 Å². The van der Waals surface area contributed by atoms with Gasteiger partial charge >= 0.3 is 13.8 Å². The molecule has 0 radical (unpaired) electrons. The fraction of sp³-hybridized carbons (Fsp3) is 0.552. The van der Waals surface area contributed by atoms with Gasteiger partial charge in [0.1, 0.15) is 6.54 Å². The first-order valence-corrected chi connectivity index (χ1v) is 15.3. The summed E-state index contributed by atoms with van der Waals surface area (Å²) in [6.45, 7) is 3.58. The highest BCUT2D eigenvalue weighted by Gasteiger charge is 2.43. The summed E-state index contributed by atoms with van der Waals surface area (Å²) < 4.78 is 71.3. The van der Waals surface area contributed by atoms with E-state index in [1.54, 1.807) is 24.3 Å². The second-order valence-electron chi connectivity index (χ2n) is 10.1. The Hall–Kier alpha value is -2.19. The minimum atomic E-state index is -4.54. The molecule has 10 heteroatoms. The van der Waals surface area contributed by atoms with E-state index < -0.39 is 32.1 Å². The number of amides is 1. The van der Waals surface area contributed by atoms with Crippen molar-refractivity contribution in [3.05, 3.63) is 53.1 Å². The number of ether oxygens (including phenoxy) is 1. The molecule has 3 atom stereocenters. The Labute approximate surface area is 228 Å². The average molecular weight is 568 g/mol. The first-order valence-electron chi connectivity index (χ1n) is 13.8. The van der Waals surface area contributed by atoms with E-state index in [4.69, 9.17) is 13.8 Å². The zero-order valence-corrected chi connectivity index (χ0v) is 23.4. The van der Waals surface area contributed by atoms with Crippen molar-refractivity contribution < 1.29 is 36.3 Å². The summed E-state index contributed by atoms with van der Waals surface area (Å²) in [7, 11) is -3.89. The van der Waals surface area contributed by atoms with E-state index in [0.717, 1.165) is 37.7 Å². The molecule has 3 unspecified atom stereocenters. The van der Waals surface area contributed by atoms with Crippen molar-refractivity contribution >= 4 is 18.8 Å². The minimum absolute atomic E-state index is 0.104. The molecule has 2 aromatic rings. The predicted molar refractivity (Wildman–Crippen MR) is 144 cm³/mol. The number of unbranched alkanes of at least 4 members (excludes halogenated alkanes) is 2. The van der Waals surface area contributed by atoms with Crippen LogP contribution in [0.5, 0.6) is 0 Å². The van der Waals surface area contributed by atoms with Gasteiger partial charge in [-0.1, -0.05) is 57.0 Å². The first-order chi connectivity index (χ1) is 18.7. The van der Waals surface area contributed by atoms with Gasteiger partial charge in [-0.25, -0.2) is 0 Å². The van der Waals surface area contributed by atoms with Gasteiger partial charge in [0, 0.05) is 12.2 Å². The number of halogens is 3. The molecule has 6 nitrogen and oxygen atoms in total. The molecule has 1 aliphatic carbocycles. The summed E-state index contributed by atoms with van der Waals surface area (Å²) in [5.74, 6) is -1.71. The molecule has 1 fully saturated rings. The van der Waals surface area contributed by atoms with Crippen LogP contribution in [-0.4, -0.2) is 44.6 Å². The van der Waals surface area contributed by atoms with Crippen molar-refractivity contribution in [3.8, 4) is 11.1 Å². The normalized spacial score (nSPS) is 19.9. The predicted octanol–water partition coefficient (Wildman–Crippen LogP) is 6.65. The van der Waals surface area contributed by atoms with Gasteiger partial charge in [0.15, 0.2) is 0 Å². The van der Waals surface area contributed by atoms with Gasteiger partial charge in [-0.05, 0) is 60.4 Å². The topological polar surface area (TPSA) is 73.9 Å². The largest absolute Gasteiger partial charge is 0.405 e. The number of carbonyl (C=O) groups is 1. The third-order valence-electron chi connectivity index (χ3n) is 7.18. The molecule has 0 bridgehead atoms. The standard InChI is InChI=1S/C29H37F3NO5P/c1-3-5-10-20-14-15-24(39(35,37-17-6-4-2)38-18-21-11-9-16-36-21)26-22-12-7-8-13-23(22)27(25(20)26)28(34)33-19-29(30,31)32/h7-8,12-15,21,27H,3-6,9-11,16-19H2,1-2H3,(H,33,34). The average Bonchev–Trinajstić information content (AvgIpc) is 3.55. The summed E-state index contributed by atoms with van der Waals surface area (Å²) in [5.41, 5.74) is 3.24. The fourth-order valence-corrected chi connectivity index (χ4v) is 7.09. The van der Waals surface area contributed by atoms with Crippen molar-refractivity contribution in [2.45, 2.75) is 77.0 Å². The SMILES string of the molecule is CCCCOP(=O)(OCC1CCCO1)c1ccc(CCCC)c2c1-c1ccccc1C2C(=O)NCC(F)(F)F. The highest BCUT2D eigenvalue weighted by Crippen LogP contribution is 2.55. The molecule has 1 heterocycles. The lowest BCUT2D eigenvalue weighted by Gasteiger charge is -2.24. The van der Waals surface area contributed by atoms with Crippen LogP contribution in [0.25, 0.3) is 11.1 Å². The summed E-state index contributed by atoms with van der Waals surface area (Å²) in [6.07, 6.45) is 0.866. The minimum Gasteiger partial charge on any atom is -0.376 e. The molecule has 0 saturated carbocycles. The maximum atomic E-state index is 14.5. The lowest BCUT2D eigenvalue weighted by atomic mass is 9.90. The Morgan fingerprint density at radius 1 is 1.10 bits per heavy atom. The first kappa shape index (κ1) is 29.8. The molecule has 4 rings (SSSR count). The van der Waals surface area contributed by atoms with E-state index in [9.17, 15) is 22.5 Å². The molecule has 1 amide bonds. The summed E-state index contributed by atoms with van der Waals surface area (Å²) in [5, 5.41) is 2.42. The molecular formula is C29H37F3NO5P. The number of fused-ring (bicyclic) bond motifs is 3. The van der Waals surface area contributed by atoms with Crippen LogP contribution in [-0.2, 0) is 29.6 Å². The van der Waals surface area contributed by atoms with Crippen molar-refractivity contribution in [3.63, 3.8) is 0 Å². The second-order valence-corrected chi connectivity index (χ2v) is 12.1. The molecule has 0 spiro atoms.